The van der Waals surface area contributed by atoms with Crippen LogP contribution in [0.2, 0.25) is 0 Å². The number of hydrogen-bond donors (Lipinski definition) is 2. The summed E-state index contributed by atoms with van der Waals surface area (Å²) in [6.07, 6.45) is 1.80. The van der Waals surface area contributed by atoms with Crippen molar-refractivity contribution in [1.82, 2.24) is 4.37 Å². The molecule has 6 nitrogen and oxygen atoms in total. The lowest BCUT2D eigenvalue weighted by atomic mass is 9.96. The highest BCUT2D eigenvalue weighted by atomic mass is 32.2. The van der Waals surface area contributed by atoms with Gasteiger partial charge in [-0.15, -0.1) is 0 Å². The van der Waals surface area contributed by atoms with Crippen molar-refractivity contribution in [3.05, 3.63) is 0 Å². The molecular formula is C12H19N3O3S2. The Morgan fingerprint density at radius 2 is 2.10 bits per heavy atom. The third-order valence-corrected chi connectivity index (χ3v) is 7.48. The van der Waals surface area contributed by atoms with E-state index in [0.717, 1.165) is 24.5 Å². The van der Waals surface area contributed by atoms with Crippen LogP contribution in [0.15, 0.2) is 4.90 Å². The van der Waals surface area contributed by atoms with E-state index in [1.165, 1.54) is 0 Å². The topological polar surface area (TPSA) is 96.5 Å². The lowest BCUT2D eigenvalue weighted by molar-refractivity contribution is 0.103. The molecule has 1 aromatic heterocycles. The summed E-state index contributed by atoms with van der Waals surface area (Å²) in [5.74, 6) is 0.338. The van der Waals surface area contributed by atoms with Crippen LogP contribution in [0.4, 0.5) is 10.8 Å². The van der Waals surface area contributed by atoms with Crippen LogP contribution < -0.4 is 10.6 Å². The minimum absolute atomic E-state index is 0.102. The molecule has 1 saturated heterocycles. The van der Waals surface area contributed by atoms with Crippen molar-refractivity contribution in [2.24, 2.45) is 5.92 Å². The molecule has 112 valence electrons. The van der Waals surface area contributed by atoms with Gasteiger partial charge in [-0.2, -0.15) is 4.37 Å². The average molecular weight is 317 g/mol. The number of aromatic nitrogens is 1. The number of aliphatic hydroxyl groups is 1. The molecule has 1 aliphatic heterocycles. The summed E-state index contributed by atoms with van der Waals surface area (Å²) in [4.78, 5) is 2.10. The van der Waals surface area contributed by atoms with Gasteiger partial charge in [0.2, 0.25) is 0 Å². The lowest BCUT2D eigenvalue weighted by Crippen LogP contribution is -2.43. The zero-order valence-corrected chi connectivity index (χ0v) is 13.0. The van der Waals surface area contributed by atoms with Gasteiger partial charge in [-0.3, -0.25) is 0 Å². The molecule has 0 amide bonds. The standard InChI is InChI=1S/C12H19N3O3S2/c1-7-4-5-15(6-9(7)16)12-10(11(13)14-19-12)20(17,18)8-2-3-8/h7-9,16H,2-6H2,1H3,(H2,13,14). The van der Waals surface area contributed by atoms with Crippen LogP contribution in [0, 0.1) is 5.92 Å². The first-order valence-corrected chi connectivity index (χ1v) is 9.15. The fourth-order valence-electron chi connectivity index (χ4n) is 2.53. The third-order valence-electron chi connectivity index (χ3n) is 4.11. The Morgan fingerprint density at radius 3 is 2.70 bits per heavy atom. The minimum atomic E-state index is -3.36. The molecule has 20 heavy (non-hydrogen) atoms. The Morgan fingerprint density at radius 1 is 1.40 bits per heavy atom. The SMILES string of the molecule is CC1CCN(c2snc(N)c2S(=O)(=O)C2CC2)CC1O. The second-order valence-electron chi connectivity index (χ2n) is 5.73. The normalized spacial score (nSPS) is 27.8. The van der Waals surface area contributed by atoms with E-state index in [0.29, 0.717) is 24.4 Å². The second-order valence-corrected chi connectivity index (χ2v) is 8.64. The van der Waals surface area contributed by atoms with Crippen LogP contribution in [0.5, 0.6) is 0 Å². The summed E-state index contributed by atoms with van der Waals surface area (Å²) in [6.45, 7) is 3.17. The van der Waals surface area contributed by atoms with Gasteiger partial charge in [0.1, 0.15) is 9.90 Å². The maximum Gasteiger partial charge on any atom is 0.187 e. The Hall–Kier alpha value is -0.860. The van der Waals surface area contributed by atoms with Crippen molar-refractivity contribution in [2.75, 3.05) is 23.7 Å². The molecule has 2 fully saturated rings. The van der Waals surface area contributed by atoms with E-state index >= 15 is 0 Å². The van der Waals surface area contributed by atoms with Gasteiger partial charge >= 0.3 is 0 Å². The lowest BCUT2D eigenvalue weighted by Gasteiger charge is -2.35. The first-order valence-electron chi connectivity index (χ1n) is 6.83. The fourth-order valence-corrected chi connectivity index (χ4v) is 5.59. The van der Waals surface area contributed by atoms with Gasteiger partial charge < -0.3 is 15.7 Å². The predicted octanol–water partition coefficient (Wildman–Crippen LogP) is 0.869. The van der Waals surface area contributed by atoms with Crippen LogP contribution in [-0.2, 0) is 9.84 Å². The maximum atomic E-state index is 12.5. The first kappa shape index (κ1) is 14.1. The summed E-state index contributed by atoms with van der Waals surface area (Å²) in [6, 6.07) is 0. The minimum Gasteiger partial charge on any atom is -0.391 e. The number of nitrogens with two attached hydrogens (primary N) is 1. The quantitative estimate of drug-likeness (QED) is 0.858. The number of anilines is 2. The highest BCUT2D eigenvalue weighted by molar-refractivity contribution is 7.92. The molecule has 1 aliphatic carbocycles. The zero-order chi connectivity index (χ0) is 14.5. The molecule has 3 N–H and O–H groups in total. The van der Waals surface area contributed by atoms with Gasteiger partial charge in [0.05, 0.1) is 11.4 Å². The zero-order valence-electron chi connectivity index (χ0n) is 11.3. The van der Waals surface area contributed by atoms with E-state index in [9.17, 15) is 13.5 Å². The second kappa shape index (κ2) is 4.85. The van der Waals surface area contributed by atoms with Crippen LogP contribution in [-0.4, -0.2) is 42.3 Å². The number of sulfone groups is 1. The van der Waals surface area contributed by atoms with Crippen molar-refractivity contribution >= 4 is 32.2 Å². The molecule has 2 atom stereocenters. The van der Waals surface area contributed by atoms with E-state index in [4.69, 9.17) is 5.73 Å². The van der Waals surface area contributed by atoms with E-state index in [2.05, 4.69) is 4.37 Å². The van der Waals surface area contributed by atoms with Crippen molar-refractivity contribution in [3.63, 3.8) is 0 Å². The largest absolute Gasteiger partial charge is 0.391 e. The van der Waals surface area contributed by atoms with Crippen LogP contribution in [0.25, 0.3) is 0 Å². The fraction of sp³-hybridized carbons (Fsp3) is 0.750. The summed E-state index contributed by atoms with van der Waals surface area (Å²) >= 11 is 1.12. The van der Waals surface area contributed by atoms with Gasteiger partial charge in [0.25, 0.3) is 0 Å². The highest BCUT2D eigenvalue weighted by Crippen LogP contribution is 2.43. The molecule has 1 aromatic rings. The molecule has 8 heteroatoms. The monoisotopic (exact) mass is 317 g/mol. The summed E-state index contributed by atoms with van der Waals surface area (Å²) < 4.78 is 29.0. The molecule has 3 rings (SSSR count). The summed E-state index contributed by atoms with van der Waals surface area (Å²) in [7, 11) is -3.36. The number of hydrogen-bond acceptors (Lipinski definition) is 7. The number of nitrogens with zero attached hydrogens (tertiary/aromatic N) is 2. The molecule has 0 spiro atoms. The number of β-amino-alcohol motifs (C(OH)–C–C–N with tert-alkyl or cyclic N) is 1. The van der Waals surface area contributed by atoms with E-state index < -0.39 is 15.9 Å². The molecule has 0 bridgehead atoms. The molecular weight excluding hydrogens is 298 g/mol. The average Bonchev–Trinajstić information content (AvgIpc) is 3.17. The van der Waals surface area contributed by atoms with E-state index in [1.807, 2.05) is 11.8 Å². The van der Waals surface area contributed by atoms with E-state index in [1.54, 1.807) is 0 Å². The van der Waals surface area contributed by atoms with Crippen molar-refractivity contribution in [3.8, 4) is 0 Å². The van der Waals surface area contributed by atoms with Crippen molar-refractivity contribution < 1.29 is 13.5 Å². The molecule has 0 radical (unpaired) electrons. The molecule has 2 aliphatic rings. The maximum absolute atomic E-state index is 12.5. The van der Waals surface area contributed by atoms with Gasteiger partial charge in [0.15, 0.2) is 15.7 Å². The third kappa shape index (κ3) is 2.29. The Kier molecular flexibility index (Phi) is 3.42. The summed E-state index contributed by atoms with van der Waals surface area (Å²) in [5.41, 5.74) is 5.79. The van der Waals surface area contributed by atoms with Crippen LogP contribution in [0.3, 0.4) is 0 Å². The van der Waals surface area contributed by atoms with Gasteiger partial charge in [0, 0.05) is 13.1 Å². The number of rotatable bonds is 3. The van der Waals surface area contributed by atoms with Crippen LogP contribution >= 0.6 is 11.5 Å². The van der Waals surface area contributed by atoms with Gasteiger partial charge in [-0.05, 0) is 36.7 Å². The molecule has 2 heterocycles. The molecule has 0 aromatic carbocycles. The Labute approximate surface area is 122 Å². The van der Waals surface area contributed by atoms with E-state index in [-0.39, 0.29) is 21.9 Å². The van der Waals surface area contributed by atoms with Crippen LogP contribution in [0.1, 0.15) is 26.2 Å². The number of nitrogen functional groups attached to an aromatic ring is 1. The van der Waals surface area contributed by atoms with Gasteiger partial charge in [-0.25, -0.2) is 8.42 Å². The number of piperidine rings is 1. The van der Waals surface area contributed by atoms with Crippen molar-refractivity contribution in [1.29, 1.82) is 0 Å². The molecule has 2 unspecified atom stereocenters. The predicted molar refractivity (Wildman–Crippen MR) is 78.7 cm³/mol. The molecule has 1 saturated carbocycles. The first-order chi connectivity index (χ1) is 9.41. The summed E-state index contributed by atoms with van der Waals surface area (Å²) in [5, 5.41) is 10.3. The van der Waals surface area contributed by atoms with Gasteiger partial charge in [-0.1, -0.05) is 6.92 Å². The van der Waals surface area contributed by atoms with Crippen molar-refractivity contribution in [2.45, 2.75) is 42.4 Å². The Bertz CT molecular complexity index is 609. The Balaban J connectivity index is 1.95. The smallest absolute Gasteiger partial charge is 0.187 e. The number of aliphatic hydroxyl groups excluding tert-OH is 1. The highest BCUT2D eigenvalue weighted by Gasteiger charge is 2.42.